The van der Waals surface area contributed by atoms with E-state index in [0.717, 1.165) is 39.2 Å². The van der Waals surface area contributed by atoms with Crippen LogP contribution in [0.4, 0.5) is 13.2 Å². The molecule has 0 unspecified atom stereocenters. The van der Waals surface area contributed by atoms with Crippen LogP contribution >= 0.6 is 0 Å². The molecule has 0 atom stereocenters. The van der Waals surface area contributed by atoms with E-state index < -0.39 is 18.5 Å². The van der Waals surface area contributed by atoms with Crippen LogP contribution in [0.2, 0.25) is 0 Å². The Hall–Kier alpha value is -3.86. The predicted molar refractivity (Wildman–Crippen MR) is 127 cm³/mol. The van der Waals surface area contributed by atoms with Crippen molar-refractivity contribution >= 4 is 16.9 Å². The van der Waals surface area contributed by atoms with Crippen molar-refractivity contribution in [1.29, 1.82) is 0 Å². The molecule has 1 amide bonds. The van der Waals surface area contributed by atoms with E-state index in [9.17, 15) is 18.0 Å². The summed E-state index contributed by atoms with van der Waals surface area (Å²) in [6.07, 6.45) is 1.44. The summed E-state index contributed by atoms with van der Waals surface area (Å²) in [5, 5.41) is 0. The van der Waals surface area contributed by atoms with Gasteiger partial charge in [0.15, 0.2) is 0 Å². The van der Waals surface area contributed by atoms with Crippen LogP contribution in [0, 0.1) is 0 Å². The van der Waals surface area contributed by atoms with Gasteiger partial charge in [-0.2, -0.15) is 13.2 Å². The van der Waals surface area contributed by atoms with Crippen molar-refractivity contribution in [2.24, 2.45) is 0 Å². The second kappa shape index (κ2) is 10.0. The number of halogens is 3. The number of hydrogen-bond donors (Lipinski definition) is 1. The highest BCUT2D eigenvalue weighted by Gasteiger charge is 2.34. The van der Waals surface area contributed by atoms with E-state index in [2.05, 4.69) is 29.8 Å². The quantitative estimate of drug-likeness (QED) is 0.440. The highest BCUT2D eigenvalue weighted by molar-refractivity contribution is 5.81. The predicted octanol–water partition coefficient (Wildman–Crippen LogP) is 3.60. The maximum Gasteiger partial charge on any atom is 0.397 e. The third-order valence-corrected chi connectivity index (χ3v) is 6.14. The molecule has 1 saturated heterocycles. The number of carbonyl (C=O) groups is 1. The molecule has 4 heterocycles. The Morgan fingerprint density at radius 2 is 1.78 bits per heavy atom. The second-order valence-electron chi connectivity index (χ2n) is 8.82. The molecule has 36 heavy (non-hydrogen) atoms. The normalized spacial score (nSPS) is 14.9. The number of nitrogens with one attached hydrogen (secondary N) is 1. The maximum absolute atomic E-state index is 12.5. The van der Waals surface area contributed by atoms with Crippen LogP contribution in [0.25, 0.3) is 22.2 Å². The lowest BCUT2D eigenvalue weighted by Gasteiger charge is -2.35. The number of aromatic amines is 1. The molecule has 1 aliphatic rings. The number of pyridine rings is 1. The Kier molecular flexibility index (Phi) is 6.64. The highest BCUT2D eigenvalue weighted by atomic mass is 19.4. The molecule has 0 radical (unpaired) electrons. The molecule has 1 aliphatic heterocycles. The van der Waals surface area contributed by atoms with Crippen LogP contribution in [0.1, 0.15) is 23.5 Å². The number of aromatic nitrogens is 5. The average molecular weight is 496 g/mol. The van der Waals surface area contributed by atoms with E-state index in [1.807, 2.05) is 30.3 Å². The number of rotatable bonds is 6. The molecule has 0 bridgehead atoms. The molecule has 0 saturated carbocycles. The van der Waals surface area contributed by atoms with Crippen molar-refractivity contribution in [2.45, 2.75) is 25.6 Å². The first-order valence-electron chi connectivity index (χ1n) is 11.6. The highest BCUT2D eigenvalue weighted by Crippen LogP contribution is 2.23. The number of fused-ring (bicyclic) bond motifs is 1. The summed E-state index contributed by atoms with van der Waals surface area (Å²) in [4.78, 5) is 35.9. The van der Waals surface area contributed by atoms with E-state index in [1.54, 1.807) is 18.6 Å². The first-order chi connectivity index (χ1) is 17.3. The number of H-pyrrole nitrogens is 1. The molecule has 0 spiro atoms. The van der Waals surface area contributed by atoms with E-state index in [-0.39, 0.29) is 0 Å². The summed E-state index contributed by atoms with van der Waals surface area (Å²) >= 11 is 0. The van der Waals surface area contributed by atoms with Crippen LogP contribution in [0.5, 0.6) is 0 Å². The molecule has 1 fully saturated rings. The van der Waals surface area contributed by atoms with Gasteiger partial charge in [-0.25, -0.2) is 15.0 Å². The minimum Gasteiger partial charge on any atom is -0.342 e. The molecule has 186 valence electrons. The lowest BCUT2D eigenvalue weighted by molar-refractivity contribution is -0.162. The zero-order chi connectivity index (χ0) is 25.1. The summed E-state index contributed by atoms with van der Waals surface area (Å²) in [6.45, 7) is 2.28. The molecule has 11 heteroatoms. The number of alkyl halides is 3. The van der Waals surface area contributed by atoms with Gasteiger partial charge in [-0.15, -0.1) is 0 Å². The van der Waals surface area contributed by atoms with Gasteiger partial charge in [0, 0.05) is 69.0 Å². The van der Waals surface area contributed by atoms with Crippen LogP contribution in [-0.2, 0) is 17.8 Å². The van der Waals surface area contributed by atoms with Crippen molar-refractivity contribution in [1.82, 2.24) is 34.7 Å². The van der Waals surface area contributed by atoms with E-state index >= 15 is 0 Å². The zero-order valence-corrected chi connectivity index (χ0v) is 19.4. The number of piperazine rings is 1. The Morgan fingerprint density at radius 3 is 2.53 bits per heavy atom. The standard InChI is InChI=1S/C25H24F3N7O/c26-25(27,28)12-24(36)35-7-5-34(6-8-35)15-17-3-4-31-20(9-17)11-23-32-21-2-1-18(10-22(21)33-23)19-13-29-16-30-14-19/h1-4,9-10,13-14,16H,5-8,11-12,15H2,(H,32,33). The Balaban J connectivity index is 1.20. The lowest BCUT2D eigenvalue weighted by atomic mass is 10.1. The van der Waals surface area contributed by atoms with Gasteiger partial charge in [-0.05, 0) is 35.4 Å². The topological polar surface area (TPSA) is 90.9 Å². The Morgan fingerprint density at radius 1 is 1.00 bits per heavy atom. The van der Waals surface area contributed by atoms with Gasteiger partial charge in [0.2, 0.25) is 5.91 Å². The molecule has 0 aliphatic carbocycles. The number of nitrogens with zero attached hydrogens (tertiary/aromatic N) is 6. The number of hydrogen-bond acceptors (Lipinski definition) is 6. The fourth-order valence-corrected chi connectivity index (χ4v) is 4.37. The minimum absolute atomic E-state index is 0.295. The molecule has 8 nitrogen and oxygen atoms in total. The summed E-state index contributed by atoms with van der Waals surface area (Å²) in [6, 6.07) is 9.91. The SMILES string of the molecule is O=C(CC(F)(F)F)N1CCN(Cc2ccnc(Cc3nc4ccc(-c5cncnc5)cc4[nH]3)c2)CC1. The van der Waals surface area contributed by atoms with Crippen LogP contribution in [-0.4, -0.2) is 73.0 Å². The maximum atomic E-state index is 12.5. The number of benzene rings is 1. The third-order valence-electron chi connectivity index (χ3n) is 6.14. The second-order valence-corrected chi connectivity index (χ2v) is 8.82. The molecule has 3 aromatic heterocycles. The molecular formula is C25H24F3N7O. The van der Waals surface area contributed by atoms with Gasteiger partial charge in [0.25, 0.3) is 0 Å². The average Bonchev–Trinajstić information content (AvgIpc) is 3.25. The Labute approximate surface area is 205 Å². The van der Waals surface area contributed by atoms with Crippen molar-refractivity contribution in [3.05, 3.63) is 72.3 Å². The first-order valence-corrected chi connectivity index (χ1v) is 11.6. The van der Waals surface area contributed by atoms with Gasteiger partial charge in [-0.1, -0.05) is 6.07 Å². The van der Waals surface area contributed by atoms with E-state index in [0.29, 0.717) is 39.1 Å². The number of imidazole rings is 1. The van der Waals surface area contributed by atoms with Crippen LogP contribution < -0.4 is 0 Å². The molecular weight excluding hydrogens is 471 g/mol. The lowest BCUT2D eigenvalue weighted by Crippen LogP contribution is -2.49. The van der Waals surface area contributed by atoms with Crippen molar-refractivity contribution in [2.75, 3.05) is 26.2 Å². The Bertz CT molecular complexity index is 1350. The van der Waals surface area contributed by atoms with Gasteiger partial charge in [0.05, 0.1) is 11.0 Å². The fourth-order valence-electron chi connectivity index (χ4n) is 4.37. The smallest absolute Gasteiger partial charge is 0.342 e. The van der Waals surface area contributed by atoms with Crippen molar-refractivity contribution in [3.63, 3.8) is 0 Å². The summed E-state index contributed by atoms with van der Waals surface area (Å²) in [7, 11) is 0. The van der Waals surface area contributed by atoms with Crippen LogP contribution in [0.15, 0.2) is 55.2 Å². The van der Waals surface area contributed by atoms with Gasteiger partial charge in [0.1, 0.15) is 18.6 Å². The number of amides is 1. The minimum atomic E-state index is -4.47. The third kappa shape index (κ3) is 5.85. The number of carbonyl (C=O) groups excluding carboxylic acids is 1. The molecule has 4 aromatic rings. The molecule has 1 aromatic carbocycles. The molecule has 1 N–H and O–H groups in total. The van der Waals surface area contributed by atoms with E-state index in [4.69, 9.17) is 0 Å². The van der Waals surface area contributed by atoms with Gasteiger partial charge < -0.3 is 9.88 Å². The van der Waals surface area contributed by atoms with Crippen molar-refractivity contribution in [3.8, 4) is 11.1 Å². The van der Waals surface area contributed by atoms with E-state index in [1.165, 1.54) is 11.2 Å². The monoisotopic (exact) mass is 495 g/mol. The fraction of sp³-hybridized carbons (Fsp3) is 0.320. The van der Waals surface area contributed by atoms with Crippen molar-refractivity contribution < 1.29 is 18.0 Å². The zero-order valence-electron chi connectivity index (χ0n) is 19.4. The first kappa shape index (κ1) is 23.9. The van der Waals surface area contributed by atoms with Crippen LogP contribution in [0.3, 0.4) is 0 Å². The summed E-state index contributed by atoms with van der Waals surface area (Å²) < 4.78 is 37.5. The largest absolute Gasteiger partial charge is 0.397 e. The van der Waals surface area contributed by atoms with Gasteiger partial charge >= 0.3 is 6.18 Å². The summed E-state index contributed by atoms with van der Waals surface area (Å²) in [5.74, 6) is -0.0590. The summed E-state index contributed by atoms with van der Waals surface area (Å²) in [5.41, 5.74) is 5.62. The molecule has 5 rings (SSSR count). The van der Waals surface area contributed by atoms with Gasteiger partial charge in [-0.3, -0.25) is 14.7 Å².